The first-order valence-electron chi connectivity index (χ1n) is 10.7. The maximum Gasteiger partial charge on any atom is 0.276 e. The van der Waals surface area contributed by atoms with Gasteiger partial charge in [0.15, 0.2) is 5.69 Å². The van der Waals surface area contributed by atoms with Gasteiger partial charge in [-0.15, -0.1) is 0 Å². The van der Waals surface area contributed by atoms with Crippen LogP contribution in [-0.4, -0.2) is 59.0 Å². The Morgan fingerprint density at radius 2 is 1.89 bits per heavy atom. The molecule has 7 heteroatoms. The van der Waals surface area contributed by atoms with Crippen LogP contribution >= 0.6 is 0 Å². The molecule has 3 heterocycles. The number of rotatable bonds is 5. The van der Waals surface area contributed by atoms with Crippen LogP contribution in [0.5, 0.6) is 0 Å². The van der Waals surface area contributed by atoms with E-state index in [0.29, 0.717) is 5.69 Å². The maximum absolute atomic E-state index is 13.1. The third-order valence-electron chi connectivity index (χ3n) is 6.84. The third kappa shape index (κ3) is 3.69. The van der Waals surface area contributed by atoms with Crippen molar-refractivity contribution >= 4 is 11.8 Å². The van der Waals surface area contributed by atoms with Crippen molar-refractivity contribution < 1.29 is 14.1 Å². The quantitative estimate of drug-likeness (QED) is 0.838. The fourth-order valence-corrected chi connectivity index (χ4v) is 4.66. The summed E-state index contributed by atoms with van der Waals surface area (Å²) in [6.07, 6.45) is 5.36. The fourth-order valence-electron chi connectivity index (χ4n) is 4.66. The molecule has 0 aromatic carbocycles. The van der Waals surface area contributed by atoms with Gasteiger partial charge in [-0.2, -0.15) is 0 Å². The average molecular weight is 389 g/mol. The van der Waals surface area contributed by atoms with Gasteiger partial charge in [-0.3, -0.25) is 14.5 Å². The molecule has 2 aliphatic heterocycles. The summed E-state index contributed by atoms with van der Waals surface area (Å²) < 4.78 is 5.38. The number of hydrogen-bond donors (Lipinski definition) is 1. The highest BCUT2D eigenvalue weighted by Gasteiger charge is 2.56. The van der Waals surface area contributed by atoms with Crippen molar-refractivity contribution in [2.75, 3.05) is 26.2 Å². The number of carbonyl (C=O) groups excluding carboxylic acids is 2. The molecule has 2 amide bonds. The first-order chi connectivity index (χ1) is 13.4. The molecule has 0 bridgehead atoms. The summed E-state index contributed by atoms with van der Waals surface area (Å²) in [7, 11) is 0. The zero-order valence-electron chi connectivity index (χ0n) is 17.3. The molecule has 2 saturated heterocycles. The van der Waals surface area contributed by atoms with Crippen LogP contribution in [0.25, 0.3) is 0 Å². The molecule has 3 fully saturated rings. The van der Waals surface area contributed by atoms with Gasteiger partial charge in [-0.25, -0.2) is 0 Å². The van der Waals surface area contributed by atoms with Gasteiger partial charge >= 0.3 is 0 Å². The van der Waals surface area contributed by atoms with Crippen LogP contribution in [0.4, 0.5) is 0 Å². The monoisotopic (exact) mass is 388 g/mol. The molecule has 7 nitrogen and oxygen atoms in total. The molecule has 1 aromatic heterocycles. The Balaban J connectivity index is 1.36. The second-order valence-corrected chi connectivity index (χ2v) is 9.12. The lowest BCUT2D eigenvalue weighted by molar-refractivity contribution is -0.124. The molecular formula is C21H32N4O3. The van der Waals surface area contributed by atoms with E-state index in [9.17, 15) is 9.59 Å². The van der Waals surface area contributed by atoms with E-state index in [4.69, 9.17) is 4.52 Å². The minimum Gasteiger partial charge on any atom is -0.361 e. The van der Waals surface area contributed by atoms with Crippen LogP contribution in [-0.2, 0) is 11.3 Å². The predicted octanol–water partition coefficient (Wildman–Crippen LogP) is 2.35. The van der Waals surface area contributed by atoms with Crippen molar-refractivity contribution in [3.8, 4) is 0 Å². The van der Waals surface area contributed by atoms with E-state index in [1.54, 1.807) is 0 Å². The maximum atomic E-state index is 13.1. The van der Waals surface area contributed by atoms with Gasteiger partial charge in [0.05, 0.1) is 0 Å². The van der Waals surface area contributed by atoms with Gasteiger partial charge in [0.1, 0.15) is 5.76 Å². The van der Waals surface area contributed by atoms with Crippen LogP contribution < -0.4 is 5.32 Å². The lowest BCUT2D eigenvalue weighted by atomic mass is 9.92. The number of hydrogen-bond acceptors (Lipinski definition) is 5. The second-order valence-electron chi connectivity index (χ2n) is 9.12. The average Bonchev–Trinajstić information content (AvgIpc) is 3.03. The molecule has 1 aliphatic carbocycles. The highest BCUT2D eigenvalue weighted by atomic mass is 16.5. The third-order valence-corrected chi connectivity index (χ3v) is 6.84. The van der Waals surface area contributed by atoms with Gasteiger partial charge in [-0.05, 0) is 57.5 Å². The van der Waals surface area contributed by atoms with E-state index in [0.717, 1.165) is 63.3 Å². The van der Waals surface area contributed by atoms with Gasteiger partial charge in [0.25, 0.3) is 5.91 Å². The lowest BCUT2D eigenvalue weighted by Crippen LogP contribution is -2.42. The Morgan fingerprint density at radius 3 is 2.54 bits per heavy atom. The summed E-state index contributed by atoms with van der Waals surface area (Å²) in [6, 6.07) is 0.277. The first kappa shape index (κ1) is 19.4. The molecule has 3 aliphatic rings. The fraction of sp³-hybridized carbons (Fsp3) is 0.762. The van der Waals surface area contributed by atoms with Crippen LogP contribution in [0.3, 0.4) is 0 Å². The predicted molar refractivity (Wildman–Crippen MR) is 105 cm³/mol. The number of amides is 2. The van der Waals surface area contributed by atoms with Crippen molar-refractivity contribution in [2.45, 2.75) is 65.5 Å². The number of nitrogens with zero attached hydrogens (tertiary/aromatic N) is 3. The van der Waals surface area contributed by atoms with E-state index < -0.39 is 0 Å². The smallest absolute Gasteiger partial charge is 0.276 e. The van der Waals surface area contributed by atoms with Crippen molar-refractivity contribution in [3.63, 3.8) is 0 Å². The standard InChI is InChI=1S/C21H32N4O3/c1-14(2)19(26)22-17-12-21(17)6-10-25(11-7-21)20(27)18-16(15(3)28-23-18)13-24-8-4-5-9-24/h14,17H,4-13H2,1-3H3,(H,22,26). The second kappa shape index (κ2) is 7.50. The molecule has 28 heavy (non-hydrogen) atoms. The number of aromatic nitrogens is 1. The van der Waals surface area contributed by atoms with Gasteiger partial charge < -0.3 is 14.7 Å². The molecule has 4 rings (SSSR count). The van der Waals surface area contributed by atoms with Gasteiger partial charge in [0, 0.05) is 37.2 Å². The molecule has 1 spiro atoms. The van der Waals surface area contributed by atoms with Crippen molar-refractivity contribution in [2.24, 2.45) is 11.3 Å². The van der Waals surface area contributed by atoms with Gasteiger partial charge in [-0.1, -0.05) is 19.0 Å². The van der Waals surface area contributed by atoms with Crippen LogP contribution in [0.2, 0.25) is 0 Å². The van der Waals surface area contributed by atoms with Crippen LogP contribution in [0, 0.1) is 18.3 Å². The summed E-state index contributed by atoms with van der Waals surface area (Å²) in [6.45, 7) is 10.1. The minimum atomic E-state index is -0.00990. The minimum absolute atomic E-state index is 0.00990. The van der Waals surface area contributed by atoms with E-state index in [-0.39, 0.29) is 29.2 Å². The van der Waals surface area contributed by atoms with Gasteiger partial charge in [0.2, 0.25) is 5.91 Å². The topological polar surface area (TPSA) is 78.7 Å². The highest BCUT2D eigenvalue weighted by molar-refractivity contribution is 5.94. The summed E-state index contributed by atoms with van der Waals surface area (Å²) in [4.78, 5) is 29.3. The zero-order valence-corrected chi connectivity index (χ0v) is 17.3. The van der Waals surface area contributed by atoms with Crippen molar-refractivity contribution in [1.29, 1.82) is 0 Å². The van der Waals surface area contributed by atoms with Crippen molar-refractivity contribution in [3.05, 3.63) is 17.0 Å². The molecule has 154 valence electrons. The molecule has 1 N–H and O–H groups in total. The first-order valence-corrected chi connectivity index (χ1v) is 10.7. The number of likely N-dealkylation sites (tertiary alicyclic amines) is 2. The molecule has 1 aromatic rings. The summed E-state index contributed by atoms with van der Waals surface area (Å²) in [5.41, 5.74) is 1.63. The SMILES string of the molecule is Cc1onc(C(=O)N2CCC3(CC2)CC3NC(=O)C(C)C)c1CN1CCCC1. The molecule has 1 unspecified atom stereocenters. The number of nitrogens with one attached hydrogen (secondary N) is 1. The molecular weight excluding hydrogens is 356 g/mol. The summed E-state index contributed by atoms with van der Waals surface area (Å²) in [5.74, 6) is 0.889. The van der Waals surface area contributed by atoms with Crippen molar-refractivity contribution in [1.82, 2.24) is 20.3 Å². The Morgan fingerprint density at radius 1 is 1.21 bits per heavy atom. The zero-order chi connectivity index (χ0) is 19.9. The Bertz CT molecular complexity index is 743. The summed E-state index contributed by atoms with van der Waals surface area (Å²) in [5, 5.41) is 7.28. The number of piperidine rings is 1. The highest BCUT2D eigenvalue weighted by Crippen LogP contribution is 2.54. The lowest BCUT2D eigenvalue weighted by Gasteiger charge is -2.32. The van der Waals surface area contributed by atoms with E-state index >= 15 is 0 Å². The largest absolute Gasteiger partial charge is 0.361 e. The van der Waals surface area contributed by atoms with Crippen LogP contribution in [0.1, 0.15) is 67.8 Å². The van der Waals surface area contributed by atoms with Crippen LogP contribution in [0.15, 0.2) is 4.52 Å². The van der Waals surface area contributed by atoms with E-state index in [2.05, 4.69) is 15.4 Å². The number of carbonyl (C=O) groups is 2. The van der Waals surface area contributed by atoms with E-state index in [1.807, 2.05) is 25.7 Å². The molecule has 0 radical (unpaired) electrons. The number of aryl methyl sites for hydroxylation is 1. The Labute approximate surface area is 166 Å². The normalized spacial score (nSPS) is 24.1. The van der Waals surface area contributed by atoms with E-state index in [1.165, 1.54) is 12.8 Å². The molecule has 1 atom stereocenters. The molecule has 1 saturated carbocycles. The summed E-state index contributed by atoms with van der Waals surface area (Å²) >= 11 is 0. The Hall–Kier alpha value is -1.89. The Kier molecular flexibility index (Phi) is 5.21.